The van der Waals surface area contributed by atoms with Crippen LogP contribution in [0.1, 0.15) is 19.8 Å². The number of para-hydroxylation sites is 1. The molecule has 1 saturated heterocycles. The second-order valence-corrected chi connectivity index (χ2v) is 4.73. The van der Waals surface area contributed by atoms with Crippen LogP contribution in [0.5, 0.6) is 0 Å². The first-order valence-electron chi connectivity index (χ1n) is 6.34. The number of rotatable bonds is 3. The molecule has 1 aromatic rings. The molecule has 0 saturated carbocycles. The van der Waals surface area contributed by atoms with Crippen molar-refractivity contribution in [3.8, 4) is 0 Å². The molecule has 2 rings (SSSR count). The van der Waals surface area contributed by atoms with Crippen molar-refractivity contribution in [3.05, 3.63) is 30.3 Å². The Labute approximate surface area is 103 Å². The summed E-state index contributed by atoms with van der Waals surface area (Å²) in [4.78, 5) is 12.1. The molecule has 3 nitrogen and oxygen atoms in total. The molecule has 0 spiro atoms. The van der Waals surface area contributed by atoms with E-state index < -0.39 is 0 Å². The lowest BCUT2D eigenvalue weighted by molar-refractivity contribution is -0.121. The van der Waals surface area contributed by atoms with Gasteiger partial charge in [-0.15, -0.1) is 0 Å². The summed E-state index contributed by atoms with van der Waals surface area (Å²) in [7, 11) is 0. The Hall–Kier alpha value is -1.35. The number of hydrogen-bond acceptors (Lipinski definition) is 2. The molecule has 1 atom stereocenters. The van der Waals surface area contributed by atoms with E-state index in [4.69, 9.17) is 0 Å². The standard InChI is InChI=1S/C14H20N2O/c1-11(12-7-9-15-10-8-12)14(17)16-13-5-3-2-4-6-13/h2-6,11-12,15H,7-10H2,1H3,(H,16,17). The quantitative estimate of drug-likeness (QED) is 0.839. The van der Waals surface area contributed by atoms with Gasteiger partial charge in [-0.3, -0.25) is 4.79 Å². The predicted molar refractivity (Wildman–Crippen MR) is 69.8 cm³/mol. The first kappa shape index (κ1) is 12.1. The molecule has 1 fully saturated rings. The molecular weight excluding hydrogens is 212 g/mol. The Morgan fingerprint density at radius 3 is 2.59 bits per heavy atom. The molecule has 2 N–H and O–H groups in total. The summed E-state index contributed by atoms with van der Waals surface area (Å²) < 4.78 is 0. The Morgan fingerprint density at radius 1 is 1.29 bits per heavy atom. The van der Waals surface area contributed by atoms with E-state index in [2.05, 4.69) is 10.6 Å². The van der Waals surface area contributed by atoms with Gasteiger partial charge in [-0.25, -0.2) is 0 Å². The fraction of sp³-hybridized carbons (Fsp3) is 0.500. The SMILES string of the molecule is CC(C(=O)Nc1ccccc1)C1CCNCC1. The maximum Gasteiger partial charge on any atom is 0.227 e. The van der Waals surface area contributed by atoms with E-state index in [0.29, 0.717) is 5.92 Å². The molecule has 0 aromatic heterocycles. The minimum Gasteiger partial charge on any atom is -0.326 e. The van der Waals surface area contributed by atoms with Crippen LogP contribution < -0.4 is 10.6 Å². The molecule has 1 heterocycles. The largest absolute Gasteiger partial charge is 0.326 e. The second-order valence-electron chi connectivity index (χ2n) is 4.73. The van der Waals surface area contributed by atoms with Crippen molar-refractivity contribution in [3.63, 3.8) is 0 Å². The highest BCUT2D eigenvalue weighted by Gasteiger charge is 2.25. The topological polar surface area (TPSA) is 41.1 Å². The Bertz CT molecular complexity index is 358. The van der Waals surface area contributed by atoms with Crippen LogP contribution in [0.2, 0.25) is 0 Å². The second kappa shape index (κ2) is 5.82. The van der Waals surface area contributed by atoms with E-state index in [1.807, 2.05) is 37.3 Å². The van der Waals surface area contributed by atoms with Gasteiger partial charge in [0.1, 0.15) is 0 Å². The maximum absolute atomic E-state index is 12.1. The van der Waals surface area contributed by atoms with Crippen LogP contribution in [0.3, 0.4) is 0 Å². The normalized spacial score (nSPS) is 18.6. The van der Waals surface area contributed by atoms with E-state index in [9.17, 15) is 4.79 Å². The number of hydrogen-bond donors (Lipinski definition) is 2. The summed E-state index contributed by atoms with van der Waals surface area (Å²) in [5.41, 5.74) is 0.887. The smallest absolute Gasteiger partial charge is 0.227 e. The van der Waals surface area contributed by atoms with Crippen LogP contribution in [0.15, 0.2) is 30.3 Å². The first-order valence-corrected chi connectivity index (χ1v) is 6.34. The zero-order chi connectivity index (χ0) is 12.1. The Balaban J connectivity index is 1.90. The fourth-order valence-electron chi connectivity index (χ4n) is 2.34. The van der Waals surface area contributed by atoms with E-state index in [-0.39, 0.29) is 11.8 Å². The summed E-state index contributed by atoms with van der Waals surface area (Å²) in [6.07, 6.45) is 2.20. The number of amides is 1. The molecular formula is C14H20N2O. The van der Waals surface area contributed by atoms with Gasteiger partial charge < -0.3 is 10.6 Å². The lowest BCUT2D eigenvalue weighted by Gasteiger charge is -2.27. The third-order valence-corrected chi connectivity index (χ3v) is 3.55. The van der Waals surface area contributed by atoms with Crippen molar-refractivity contribution in [2.45, 2.75) is 19.8 Å². The van der Waals surface area contributed by atoms with E-state index in [1.165, 1.54) is 0 Å². The highest BCUT2D eigenvalue weighted by molar-refractivity contribution is 5.92. The van der Waals surface area contributed by atoms with E-state index >= 15 is 0 Å². The van der Waals surface area contributed by atoms with Crippen molar-refractivity contribution in [2.24, 2.45) is 11.8 Å². The molecule has 0 bridgehead atoms. The predicted octanol–water partition coefficient (Wildman–Crippen LogP) is 2.26. The molecule has 0 aliphatic carbocycles. The molecule has 17 heavy (non-hydrogen) atoms. The first-order chi connectivity index (χ1) is 8.27. The van der Waals surface area contributed by atoms with Crippen molar-refractivity contribution in [2.75, 3.05) is 18.4 Å². The van der Waals surface area contributed by atoms with Gasteiger partial charge in [-0.05, 0) is 44.0 Å². The fourth-order valence-corrected chi connectivity index (χ4v) is 2.34. The van der Waals surface area contributed by atoms with E-state index in [0.717, 1.165) is 31.6 Å². The lowest BCUT2D eigenvalue weighted by Crippen LogP contribution is -2.35. The summed E-state index contributed by atoms with van der Waals surface area (Å²) in [5, 5.41) is 6.31. The minimum absolute atomic E-state index is 0.0947. The number of anilines is 1. The molecule has 0 radical (unpaired) electrons. The average molecular weight is 232 g/mol. The molecule has 1 amide bonds. The number of nitrogens with one attached hydrogen (secondary N) is 2. The molecule has 92 valence electrons. The average Bonchev–Trinajstić information content (AvgIpc) is 2.40. The van der Waals surface area contributed by atoms with Crippen LogP contribution in [-0.2, 0) is 4.79 Å². The van der Waals surface area contributed by atoms with Crippen LogP contribution in [0.4, 0.5) is 5.69 Å². The molecule has 1 aromatic carbocycles. The van der Waals surface area contributed by atoms with Gasteiger partial charge in [0.15, 0.2) is 0 Å². The molecule has 3 heteroatoms. The number of carbonyl (C=O) groups is 1. The van der Waals surface area contributed by atoms with Gasteiger partial charge in [-0.1, -0.05) is 25.1 Å². The third-order valence-electron chi connectivity index (χ3n) is 3.55. The molecule has 1 unspecified atom stereocenters. The van der Waals surface area contributed by atoms with Crippen molar-refractivity contribution < 1.29 is 4.79 Å². The highest BCUT2D eigenvalue weighted by atomic mass is 16.1. The van der Waals surface area contributed by atoms with Crippen LogP contribution >= 0.6 is 0 Å². The molecule has 1 aliphatic heterocycles. The summed E-state index contributed by atoms with van der Waals surface area (Å²) in [6, 6.07) is 9.67. The zero-order valence-corrected chi connectivity index (χ0v) is 10.3. The van der Waals surface area contributed by atoms with E-state index in [1.54, 1.807) is 0 Å². The highest BCUT2D eigenvalue weighted by Crippen LogP contribution is 2.22. The van der Waals surface area contributed by atoms with Gasteiger partial charge in [0.25, 0.3) is 0 Å². The maximum atomic E-state index is 12.1. The number of piperidine rings is 1. The van der Waals surface area contributed by atoms with Crippen molar-refractivity contribution in [1.29, 1.82) is 0 Å². The van der Waals surface area contributed by atoms with Gasteiger partial charge in [0.05, 0.1) is 0 Å². The van der Waals surface area contributed by atoms with Gasteiger partial charge >= 0.3 is 0 Å². The van der Waals surface area contributed by atoms with Gasteiger partial charge in [0.2, 0.25) is 5.91 Å². The lowest BCUT2D eigenvalue weighted by atomic mass is 9.85. The minimum atomic E-state index is 0.0947. The summed E-state index contributed by atoms with van der Waals surface area (Å²) >= 11 is 0. The van der Waals surface area contributed by atoms with Crippen LogP contribution in [0, 0.1) is 11.8 Å². The number of carbonyl (C=O) groups excluding carboxylic acids is 1. The third kappa shape index (κ3) is 3.30. The summed E-state index contributed by atoms with van der Waals surface area (Å²) in [6.45, 7) is 4.11. The van der Waals surface area contributed by atoms with Crippen molar-refractivity contribution >= 4 is 11.6 Å². The Morgan fingerprint density at radius 2 is 1.94 bits per heavy atom. The van der Waals surface area contributed by atoms with Crippen molar-refractivity contribution in [1.82, 2.24) is 5.32 Å². The number of benzene rings is 1. The summed E-state index contributed by atoms with van der Waals surface area (Å²) in [5.74, 6) is 0.750. The molecule has 1 aliphatic rings. The van der Waals surface area contributed by atoms with Gasteiger partial charge in [0, 0.05) is 11.6 Å². The zero-order valence-electron chi connectivity index (χ0n) is 10.3. The monoisotopic (exact) mass is 232 g/mol. The van der Waals surface area contributed by atoms with Gasteiger partial charge in [-0.2, -0.15) is 0 Å². The van der Waals surface area contributed by atoms with Crippen LogP contribution in [-0.4, -0.2) is 19.0 Å². The van der Waals surface area contributed by atoms with Crippen LogP contribution in [0.25, 0.3) is 0 Å². The Kier molecular flexibility index (Phi) is 4.15.